The quantitative estimate of drug-likeness (QED) is 0.363. The van der Waals surface area contributed by atoms with Crippen LogP contribution in [0, 0.1) is 16.7 Å². The standard InChI is InChI=1S/C31H34FN5O4/c1-39-28-33-15-22(16-34-28)31-9-7-29(8-10-31,18-40-31)17-37(27(38)30-12-21(13-30)24(32)14-30)23-4-2-3-20(11-23)26-35-25(36-41-26)19-5-6-19/h2-4,11,15-16,19,21,24H,5-10,12-14,17-18H2,1H3/t21?,24-,29?,30?,31?/m0/s1. The molecular formula is C31H34FN5O4. The van der Waals surface area contributed by atoms with Crippen molar-refractivity contribution in [2.75, 3.05) is 25.2 Å². The molecule has 10 rings (SSSR count). The Morgan fingerprint density at radius 2 is 1.90 bits per heavy atom. The molecule has 10 heteroatoms. The van der Waals surface area contributed by atoms with Gasteiger partial charge in [-0.3, -0.25) is 4.79 Å². The van der Waals surface area contributed by atoms with Gasteiger partial charge in [0, 0.05) is 47.1 Å². The molecule has 0 unspecified atom stereocenters. The molecule has 0 spiro atoms. The van der Waals surface area contributed by atoms with Crippen molar-refractivity contribution in [1.82, 2.24) is 20.1 Å². The van der Waals surface area contributed by atoms with E-state index in [1.807, 2.05) is 29.2 Å². The summed E-state index contributed by atoms with van der Waals surface area (Å²) in [6.45, 7) is 1.07. The Labute approximate surface area is 237 Å². The summed E-state index contributed by atoms with van der Waals surface area (Å²) in [5.74, 6) is 1.67. The second kappa shape index (κ2) is 9.05. The van der Waals surface area contributed by atoms with Gasteiger partial charge in [0.05, 0.1) is 24.7 Å². The van der Waals surface area contributed by atoms with E-state index in [4.69, 9.17) is 14.0 Å². The smallest absolute Gasteiger partial charge is 0.316 e. The number of ether oxygens (including phenoxy) is 2. The van der Waals surface area contributed by atoms with Crippen LogP contribution in [0.15, 0.2) is 41.2 Å². The minimum absolute atomic E-state index is 0.0181. The van der Waals surface area contributed by atoms with Crippen molar-refractivity contribution in [3.05, 3.63) is 48.0 Å². The fourth-order valence-electron chi connectivity index (χ4n) is 7.73. The first-order valence-electron chi connectivity index (χ1n) is 14.8. The van der Waals surface area contributed by atoms with Gasteiger partial charge < -0.3 is 18.9 Å². The molecule has 41 heavy (non-hydrogen) atoms. The second-order valence-corrected chi connectivity index (χ2v) is 13.1. The lowest BCUT2D eigenvalue weighted by Crippen LogP contribution is -2.57. The summed E-state index contributed by atoms with van der Waals surface area (Å²) in [6, 6.07) is 8.15. The SMILES string of the molecule is COc1ncc(C23CCC(CN(C(=O)C45CC(C4)[C@@H](F)C5)c4cccc(-c5nc(C6CC6)no5)c4)(CC2)CO3)cn1. The van der Waals surface area contributed by atoms with E-state index in [0.29, 0.717) is 50.2 Å². The van der Waals surface area contributed by atoms with Crippen LogP contribution in [-0.2, 0) is 15.1 Å². The second-order valence-electron chi connectivity index (χ2n) is 13.1. The van der Waals surface area contributed by atoms with Crippen molar-refractivity contribution in [1.29, 1.82) is 0 Å². The summed E-state index contributed by atoms with van der Waals surface area (Å²) in [7, 11) is 1.55. The first-order valence-corrected chi connectivity index (χ1v) is 14.8. The Kier molecular flexibility index (Phi) is 5.59. The van der Waals surface area contributed by atoms with E-state index in [9.17, 15) is 9.18 Å². The van der Waals surface area contributed by atoms with Gasteiger partial charge in [0.1, 0.15) is 6.17 Å². The van der Waals surface area contributed by atoms with Crippen LogP contribution in [0.5, 0.6) is 6.01 Å². The zero-order valence-electron chi connectivity index (χ0n) is 23.2. The molecule has 9 nitrogen and oxygen atoms in total. The molecule has 0 N–H and O–H groups in total. The van der Waals surface area contributed by atoms with Crippen molar-refractivity contribution < 1.29 is 23.2 Å². The van der Waals surface area contributed by atoms with Crippen LogP contribution in [0.25, 0.3) is 11.5 Å². The fraction of sp³-hybridized carbons (Fsp3) is 0.581. The lowest BCUT2D eigenvalue weighted by molar-refractivity contribution is -0.187. The molecule has 1 atom stereocenters. The van der Waals surface area contributed by atoms with Gasteiger partial charge in [-0.25, -0.2) is 14.4 Å². The summed E-state index contributed by atoms with van der Waals surface area (Å²) in [5, 5.41) is 4.18. The van der Waals surface area contributed by atoms with Gasteiger partial charge in [0.25, 0.3) is 5.89 Å². The van der Waals surface area contributed by atoms with E-state index in [1.165, 1.54) is 0 Å². The highest BCUT2D eigenvalue weighted by Crippen LogP contribution is 2.61. The van der Waals surface area contributed by atoms with Gasteiger partial charge in [0.15, 0.2) is 5.82 Å². The number of hydrogen-bond acceptors (Lipinski definition) is 8. The Bertz CT molecular complexity index is 1460. The van der Waals surface area contributed by atoms with Crippen molar-refractivity contribution in [3.63, 3.8) is 0 Å². The van der Waals surface area contributed by atoms with Crippen LogP contribution < -0.4 is 9.64 Å². The average molecular weight is 560 g/mol. The van der Waals surface area contributed by atoms with E-state index < -0.39 is 17.2 Å². The van der Waals surface area contributed by atoms with Crippen LogP contribution in [-0.4, -0.2) is 52.4 Å². The molecule has 1 amide bonds. The molecule has 5 aliphatic carbocycles. The number of halogens is 1. The lowest BCUT2D eigenvalue weighted by atomic mass is 9.63. The molecule has 2 aliphatic heterocycles. The third-order valence-electron chi connectivity index (χ3n) is 10.5. The number of amides is 1. The third kappa shape index (κ3) is 4.08. The van der Waals surface area contributed by atoms with Gasteiger partial charge in [-0.2, -0.15) is 4.98 Å². The largest absolute Gasteiger partial charge is 0.467 e. The Morgan fingerprint density at radius 1 is 1.12 bits per heavy atom. The maximum atomic E-state index is 14.6. The Hall–Kier alpha value is -3.40. The molecule has 2 saturated heterocycles. The van der Waals surface area contributed by atoms with Crippen LogP contribution in [0.2, 0.25) is 0 Å². The van der Waals surface area contributed by atoms with E-state index in [1.54, 1.807) is 19.5 Å². The molecule has 214 valence electrons. The van der Waals surface area contributed by atoms with E-state index >= 15 is 0 Å². The molecule has 7 aliphatic rings. The lowest BCUT2D eigenvalue weighted by Gasteiger charge is -2.54. The van der Waals surface area contributed by atoms with Crippen LogP contribution >= 0.6 is 0 Å². The number of hydrogen-bond donors (Lipinski definition) is 0. The number of fused-ring (bicyclic) bond motifs is 4. The zero-order chi connectivity index (χ0) is 27.8. The Morgan fingerprint density at radius 3 is 2.54 bits per heavy atom. The number of methoxy groups -OCH3 is 1. The molecule has 5 saturated carbocycles. The molecule has 1 aromatic carbocycles. The summed E-state index contributed by atoms with van der Waals surface area (Å²) >= 11 is 0. The first kappa shape index (κ1) is 25.3. The highest BCUT2D eigenvalue weighted by molar-refractivity contribution is 5.99. The summed E-state index contributed by atoms with van der Waals surface area (Å²) in [4.78, 5) is 29.5. The van der Waals surface area contributed by atoms with Gasteiger partial charge in [-0.05, 0) is 81.9 Å². The molecule has 4 bridgehead atoms. The molecule has 4 heterocycles. The van der Waals surface area contributed by atoms with Crippen molar-refractivity contribution in [2.24, 2.45) is 16.7 Å². The normalized spacial score (nSPS) is 33.4. The maximum absolute atomic E-state index is 14.6. The topological polar surface area (TPSA) is 103 Å². The minimum Gasteiger partial charge on any atom is -0.467 e. The third-order valence-corrected chi connectivity index (χ3v) is 10.5. The zero-order valence-corrected chi connectivity index (χ0v) is 23.2. The monoisotopic (exact) mass is 559 g/mol. The highest BCUT2D eigenvalue weighted by atomic mass is 19.1. The number of aromatic nitrogens is 4. The van der Waals surface area contributed by atoms with Crippen LogP contribution in [0.1, 0.15) is 75.1 Å². The number of carbonyl (C=O) groups is 1. The predicted octanol–water partition coefficient (Wildman–Crippen LogP) is 5.37. The summed E-state index contributed by atoms with van der Waals surface area (Å²) in [5.41, 5.74) is 1.35. The average Bonchev–Trinajstić information content (AvgIpc) is 3.50. The van der Waals surface area contributed by atoms with E-state index in [2.05, 4.69) is 20.1 Å². The molecular weight excluding hydrogens is 525 g/mol. The van der Waals surface area contributed by atoms with Gasteiger partial charge >= 0.3 is 6.01 Å². The number of alkyl halides is 1. The predicted molar refractivity (Wildman–Crippen MR) is 146 cm³/mol. The number of nitrogens with zero attached hydrogens (tertiary/aromatic N) is 5. The van der Waals surface area contributed by atoms with Crippen molar-refractivity contribution in [2.45, 2.75) is 75.5 Å². The van der Waals surface area contributed by atoms with Crippen LogP contribution in [0.3, 0.4) is 0 Å². The van der Waals surface area contributed by atoms with Gasteiger partial charge in [-0.15, -0.1) is 0 Å². The van der Waals surface area contributed by atoms with Crippen LogP contribution in [0.4, 0.5) is 10.1 Å². The Balaban J connectivity index is 1.08. The van der Waals surface area contributed by atoms with Crippen molar-refractivity contribution in [3.8, 4) is 17.5 Å². The number of benzene rings is 1. The fourth-order valence-corrected chi connectivity index (χ4v) is 7.73. The number of carbonyl (C=O) groups excluding carboxylic acids is 1. The van der Waals surface area contributed by atoms with Crippen molar-refractivity contribution >= 4 is 11.6 Å². The van der Waals surface area contributed by atoms with E-state index in [-0.39, 0.29) is 17.2 Å². The minimum atomic E-state index is -0.885. The summed E-state index contributed by atoms with van der Waals surface area (Å²) < 4.78 is 31.9. The maximum Gasteiger partial charge on any atom is 0.316 e. The highest BCUT2D eigenvalue weighted by Gasteiger charge is 2.62. The molecule has 3 aromatic rings. The van der Waals surface area contributed by atoms with Gasteiger partial charge in [-0.1, -0.05) is 11.2 Å². The van der Waals surface area contributed by atoms with Gasteiger partial charge in [0.2, 0.25) is 5.91 Å². The van der Waals surface area contributed by atoms with E-state index in [0.717, 1.165) is 61.2 Å². The molecule has 2 aromatic heterocycles. The molecule has 7 fully saturated rings. The molecule has 0 radical (unpaired) electrons. The number of rotatable bonds is 8. The summed E-state index contributed by atoms with van der Waals surface area (Å²) in [6.07, 6.45) is 10.0. The number of anilines is 1. The first-order chi connectivity index (χ1) is 19.9.